The molecule has 0 bridgehead atoms. The third-order valence-corrected chi connectivity index (χ3v) is 3.08. The van der Waals surface area contributed by atoms with Crippen LogP contribution in [0, 0.1) is 0 Å². The first-order valence-electron chi connectivity index (χ1n) is 6.31. The first-order chi connectivity index (χ1) is 8.69. The van der Waals surface area contributed by atoms with Gasteiger partial charge in [0.1, 0.15) is 0 Å². The summed E-state index contributed by atoms with van der Waals surface area (Å²) < 4.78 is 11.2. The molecule has 0 radical (unpaired) electrons. The van der Waals surface area contributed by atoms with Gasteiger partial charge < -0.3 is 14.8 Å². The molecule has 0 aliphatic heterocycles. The number of rotatable bonds is 4. The van der Waals surface area contributed by atoms with Gasteiger partial charge in [-0.25, -0.2) is 0 Å². The molecule has 1 aliphatic rings. The Labute approximate surface area is 107 Å². The summed E-state index contributed by atoms with van der Waals surface area (Å²) >= 11 is 0. The van der Waals surface area contributed by atoms with E-state index in [0.29, 0.717) is 11.5 Å². The van der Waals surface area contributed by atoms with Crippen LogP contribution in [0.5, 0.6) is 11.5 Å². The Morgan fingerprint density at radius 3 is 2.61 bits per heavy atom. The summed E-state index contributed by atoms with van der Waals surface area (Å²) in [6.07, 6.45) is 4.89. The molecule has 1 aliphatic carbocycles. The van der Waals surface area contributed by atoms with Crippen LogP contribution in [-0.4, -0.2) is 19.1 Å². The maximum Gasteiger partial charge on any atom is 0.221 e. The van der Waals surface area contributed by atoms with Crippen molar-refractivity contribution in [3.05, 3.63) is 18.2 Å². The quantitative estimate of drug-likeness (QED) is 0.892. The van der Waals surface area contributed by atoms with Crippen LogP contribution in [-0.2, 0) is 4.79 Å². The number of carbonyl (C=O) groups is 1. The summed E-state index contributed by atoms with van der Waals surface area (Å²) in [5, 5.41) is 2.75. The molecular weight excluding hydrogens is 230 g/mol. The predicted octanol–water partition coefficient (Wildman–Crippen LogP) is 2.98. The average molecular weight is 249 g/mol. The zero-order valence-corrected chi connectivity index (χ0v) is 10.9. The third-order valence-electron chi connectivity index (χ3n) is 3.08. The lowest BCUT2D eigenvalue weighted by atomic mass is 10.2. The van der Waals surface area contributed by atoms with Crippen LogP contribution in [0.3, 0.4) is 0 Å². The van der Waals surface area contributed by atoms with E-state index in [-0.39, 0.29) is 12.0 Å². The molecule has 0 heterocycles. The number of amides is 1. The molecule has 0 unspecified atom stereocenters. The van der Waals surface area contributed by atoms with Crippen molar-refractivity contribution in [2.75, 3.05) is 12.4 Å². The largest absolute Gasteiger partial charge is 0.493 e. The molecule has 1 aromatic rings. The second-order valence-electron chi connectivity index (χ2n) is 4.57. The minimum Gasteiger partial charge on any atom is -0.493 e. The molecule has 2 rings (SSSR count). The standard InChI is InChI=1S/C14H19NO3/c1-10(16)15-11-7-8-13(17-2)14(9-11)18-12-5-3-4-6-12/h7-9,12H,3-6H2,1-2H3,(H,15,16). The summed E-state index contributed by atoms with van der Waals surface area (Å²) in [5.41, 5.74) is 0.733. The molecule has 98 valence electrons. The van der Waals surface area contributed by atoms with Gasteiger partial charge in [0.05, 0.1) is 13.2 Å². The van der Waals surface area contributed by atoms with E-state index in [1.54, 1.807) is 7.11 Å². The molecule has 4 heteroatoms. The van der Waals surface area contributed by atoms with Gasteiger partial charge in [-0.3, -0.25) is 4.79 Å². The molecule has 0 saturated heterocycles. The van der Waals surface area contributed by atoms with Crippen LogP contribution in [0.1, 0.15) is 32.6 Å². The number of anilines is 1. The SMILES string of the molecule is COc1ccc(NC(C)=O)cc1OC1CCCC1. The summed E-state index contributed by atoms with van der Waals surface area (Å²) in [7, 11) is 1.62. The van der Waals surface area contributed by atoms with Gasteiger partial charge in [-0.1, -0.05) is 0 Å². The fourth-order valence-electron chi connectivity index (χ4n) is 2.24. The molecule has 0 atom stereocenters. The lowest BCUT2D eigenvalue weighted by molar-refractivity contribution is -0.114. The Balaban J connectivity index is 2.15. The molecule has 0 spiro atoms. The van der Waals surface area contributed by atoms with Crippen molar-refractivity contribution in [3.8, 4) is 11.5 Å². The second-order valence-corrected chi connectivity index (χ2v) is 4.57. The average Bonchev–Trinajstić information content (AvgIpc) is 2.81. The number of benzene rings is 1. The fourth-order valence-corrected chi connectivity index (χ4v) is 2.24. The Bertz CT molecular complexity index is 425. The topological polar surface area (TPSA) is 47.6 Å². The number of ether oxygens (including phenoxy) is 2. The van der Waals surface area contributed by atoms with Crippen LogP contribution in [0.25, 0.3) is 0 Å². The Morgan fingerprint density at radius 2 is 2.00 bits per heavy atom. The van der Waals surface area contributed by atoms with E-state index in [1.807, 2.05) is 18.2 Å². The summed E-state index contributed by atoms with van der Waals surface area (Å²) in [6.45, 7) is 1.49. The van der Waals surface area contributed by atoms with Crippen LogP contribution >= 0.6 is 0 Å². The lowest BCUT2D eigenvalue weighted by Gasteiger charge is -2.16. The Morgan fingerprint density at radius 1 is 1.28 bits per heavy atom. The minimum atomic E-state index is -0.0908. The van der Waals surface area contributed by atoms with E-state index in [0.717, 1.165) is 18.5 Å². The number of nitrogens with one attached hydrogen (secondary N) is 1. The molecule has 1 aromatic carbocycles. The van der Waals surface area contributed by atoms with Gasteiger partial charge in [0.15, 0.2) is 11.5 Å². The highest BCUT2D eigenvalue weighted by Crippen LogP contribution is 2.33. The number of carbonyl (C=O) groups excluding carboxylic acids is 1. The maximum atomic E-state index is 11.0. The molecule has 1 N–H and O–H groups in total. The first-order valence-corrected chi connectivity index (χ1v) is 6.31. The van der Waals surface area contributed by atoms with Crippen molar-refractivity contribution >= 4 is 11.6 Å². The maximum absolute atomic E-state index is 11.0. The molecule has 18 heavy (non-hydrogen) atoms. The first kappa shape index (κ1) is 12.7. The van der Waals surface area contributed by atoms with Gasteiger partial charge in [-0.2, -0.15) is 0 Å². The van der Waals surface area contributed by atoms with Crippen molar-refractivity contribution in [2.24, 2.45) is 0 Å². The summed E-state index contributed by atoms with van der Waals surface area (Å²) in [5.74, 6) is 1.32. The van der Waals surface area contributed by atoms with Crippen molar-refractivity contribution < 1.29 is 14.3 Å². The summed E-state index contributed by atoms with van der Waals surface area (Å²) in [4.78, 5) is 11.0. The van der Waals surface area contributed by atoms with Gasteiger partial charge in [-0.05, 0) is 37.8 Å². The normalized spacial score (nSPS) is 15.4. The molecule has 4 nitrogen and oxygen atoms in total. The van der Waals surface area contributed by atoms with Crippen molar-refractivity contribution in [1.82, 2.24) is 0 Å². The Kier molecular flexibility index (Phi) is 4.07. The molecule has 1 fully saturated rings. The van der Waals surface area contributed by atoms with Crippen molar-refractivity contribution in [1.29, 1.82) is 0 Å². The minimum absolute atomic E-state index is 0.0908. The van der Waals surface area contributed by atoms with Crippen LogP contribution in [0.15, 0.2) is 18.2 Å². The van der Waals surface area contributed by atoms with Gasteiger partial charge in [0, 0.05) is 18.7 Å². The molecule has 1 saturated carbocycles. The van der Waals surface area contributed by atoms with Gasteiger partial charge >= 0.3 is 0 Å². The zero-order chi connectivity index (χ0) is 13.0. The number of methoxy groups -OCH3 is 1. The highest BCUT2D eigenvalue weighted by atomic mass is 16.5. The number of hydrogen-bond donors (Lipinski definition) is 1. The van der Waals surface area contributed by atoms with Crippen molar-refractivity contribution in [2.45, 2.75) is 38.7 Å². The van der Waals surface area contributed by atoms with Crippen LogP contribution in [0.2, 0.25) is 0 Å². The van der Waals surface area contributed by atoms with E-state index in [1.165, 1.54) is 19.8 Å². The fraction of sp³-hybridized carbons (Fsp3) is 0.500. The third kappa shape index (κ3) is 3.15. The van der Waals surface area contributed by atoms with E-state index < -0.39 is 0 Å². The Hall–Kier alpha value is -1.71. The van der Waals surface area contributed by atoms with Gasteiger partial charge in [0.2, 0.25) is 5.91 Å². The van der Waals surface area contributed by atoms with E-state index in [2.05, 4.69) is 5.32 Å². The van der Waals surface area contributed by atoms with E-state index in [9.17, 15) is 4.79 Å². The zero-order valence-electron chi connectivity index (χ0n) is 10.9. The van der Waals surface area contributed by atoms with E-state index in [4.69, 9.17) is 9.47 Å². The van der Waals surface area contributed by atoms with Crippen LogP contribution < -0.4 is 14.8 Å². The smallest absolute Gasteiger partial charge is 0.221 e. The van der Waals surface area contributed by atoms with Crippen LogP contribution in [0.4, 0.5) is 5.69 Å². The number of hydrogen-bond acceptors (Lipinski definition) is 3. The van der Waals surface area contributed by atoms with E-state index >= 15 is 0 Å². The summed E-state index contributed by atoms with van der Waals surface area (Å²) in [6, 6.07) is 5.44. The van der Waals surface area contributed by atoms with Gasteiger partial charge in [-0.15, -0.1) is 0 Å². The lowest BCUT2D eigenvalue weighted by Crippen LogP contribution is -2.12. The van der Waals surface area contributed by atoms with Gasteiger partial charge in [0.25, 0.3) is 0 Å². The predicted molar refractivity (Wildman–Crippen MR) is 70.2 cm³/mol. The monoisotopic (exact) mass is 249 g/mol. The molecule has 0 aromatic heterocycles. The second kappa shape index (κ2) is 5.76. The highest BCUT2D eigenvalue weighted by molar-refractivity contribution is 5.89. The highest BCUT2D eigenvalue weighted by Gasteiger charge is 2.18. The van der Waals surface area contributed by atoms with Crippen molar-refractivity contribution in [3.63, 3.8) is 0 Å². The molecular formula is C14H19NO3. The molecule has 1 amide bonds.